The van der Waals surface area contributed by atoms with E-state index < -0.39 is 5.41 Å². The Morgan fingerprint density at radius 3 is 2.84 bits per heavy atom. The van der Waals surface area contributed by atoms with Crippen molar-refractivity contribution in [3.63, 3.8) is 0 Å². The Morgan fingerprint density at radius 2 is 2.06 bits per heavy atom. The molecule has 3 N–H and O–H groups in total. The molecule has 0 saturated heterocycles. The summed E-state index contributed by atoms with van der Waals surface area (Å²) in [6.45, 7) is 0.792. The summed E-state index contributed by atoms with van der Waals surface area (Å²) >= 11 is 9.66. The van der Waals surface area contributed by atoms with Crippen LogP contribution in [-0.4, -0.2) is 30.0 Å². The summed E-state index contributed by atoms with van der Waals surface area (Å²) in [6, 6.07) is 13.5. The van der Waals surface area contributed by atoms with E-state index in [-0.39, 0.29) is 18.0 Å². The molecule has 0 radical (unpaired) electrons. The zero-order valence-corrected chi connectivity index (χ0v) is 19.6. The number of rotatable bonds is 8. The number of thiazole rings is 1. The van der Waals surface area contributed by atoms with Gasteiger partial charge < -0.3 is 20.5 Å². The maximum Gasteiger partial charge on any atom is 0.236 e. The van der Waals surface area contributed by atoms with Gasteiger partial charge in [0.1, 0.15) is 0 Å². The maximum absolute atomic E-state index is 13.2. The number of hydrogen-bond donors (Lipinski definition) is 2. The van der Waals surface area contributed by atoms with Crippen molar-refractivity contribution in [1.82, 2.24) is 4.98 Å². The molecular formula is C23H22ClN3O3S2. The first kappa shape index (κ1) is 21.6. The normalized spacial score (nSPS) is 16.6. The number of nitrogens with zero attached hydrogens (tertiary/aromatic N) is 1. The third-order valence-electron chi connectivity index (χ3n) is 5.70. The Hall–Kier alpha value is -2.26. The number of anilines is 1. The molecule has 1 aromatic heterocycles. The molecule has 2 aromatic carbocycles. The molecular weight excluding hydrogens is 466 g/mol. The molecule has 166 valence electrons. The molecule has 0 spiro atoms. The molecule has 1 saturated carbocycles. The fraction of sp³-hybridized carbons (Fsp3) is 0.304. The zero-order valence-electron chi connectivity index (χ0n) is 17.2. The van der Waals surface area contributed by atoms with E-state index >= 15 is 0 Å². The molecule has 3 aromatic rings. The molecule has 2 heterocycles. The van der Waals surface area contributed by atoms with Crippen molar-refractivity contribution in [3.05, 3.63) is 69.7 Å². The lowest BCUT2D eigenvalue weighted by atomic mass is 9.94. The molecule has 9 heteroatoms. The minimum Gasteiger partial charge on any atom is -0.454 e. The van der Waals surface area contributed by atoms with Crippen molar-refractivity contribution in [1.29, 1.82) is 0 Å². The molecule has 0 bridgehead atoms. The van der Waals surface area contributed by atoms with Gasteiger partial charge in [-0.1, -0.05) is 35.9 Å². The lowest BCUT2D eigenvalue weighted by Crippen LogP contribution is -2.27. The van der Waals surface area contributed by atoms with Gasteiger partial charge in [-0.15, -0.1) is 23.1 Å². The number of amides is 1. The van der Waals surface area contributed by atoms with Gasteiger partial charge in [-0.25, -0.2) is 4.98 Å². The second kappa shape index (κ2) is 8.94. The molecule has 6 nitrogen and oxygen atoms in total. The summed E-state index contributed by atoms with van der Waals surface area (Å²) in [5.74, 6) is 2.16. The van der Waals surface area contributed by atoms with E-state index in [1.165, 1.54) is 11.3 Å². The number of nitrogens with one attached hydrogen (secondary N) is 1. The molecule has 1 aliphatic heterocycles. The van der Waals surface area contributed by atoms with E-state index in [0.717, 1.165) is 40.3 Å². The third-order valence-corrected chi connectivity index (χ3v) is 8.49. The highest BCUT2D eigenvalue weighted by Crippen LogP contribution is 2.51. The SMILES string of the molecule is NCCSC(c1cnc(NC(=O)C2(c3ccc4c(c3)OCO4)CC2)s1)c1ccccc1Cl. The zero-order chi connectivity index (χ0) is 22.1. The van der Waals surface area contributed by atoms with Crippen molar-refractivity contribution in [2.24, 2.45) is 5.73 Å². The summed E-state index contributed by atoms with van der Waals surface area (Å²) in [6.07, 6.45) is 3.41. The highest BCUT2D eigenvalue weighted by Gasteiger charge is 2.52. The Balaban J connectivity index is 1.35. The summed E-state index contributed by atoms with van der Waals surface area (Å²) in [5, 5.41) is 4.35. The molecule has 1 atom stereocenters. The number of thioether (sulfide) groups is 1. The van der Waals surface area contributed by atoms with E-state index in [0.29, 0.717) is 22.4 Å². The number of aromatic nitrogens is 1. The average Bonchev–Trinajstić information content (AvgIpc) is 3.26. The fourth-order valence-corrected chi connectivity index (χ4v) is 6.30. The summed E-state index contributed by atoms with van der Waals surface area (Å²) in [5.41, 5.74) is 7.18. The van der Waals surface area contributed by atoms with Gasteiger partial charge in [0, 0.05) is 28.4 Å². The van der Waals surface area contributed by atoms with Crippen LogP contribution in [0.5, 0.6) is 11.5 Å². The van der Waals surface area contributed by atoms with Gasteiger partial charge in [-0.2, -0.15) is 0 Å². The van der Waals surface area contributed by atoms with Crippen LogP contribution in [0.3, 0.4) is 0 Å². The lowest BCUT2D eigenvalue weighted by molar-refractivity contribution is -0.118. The molecule has 1 amide bonds. The third kappa shape index (κ3) is 4.08. The van der Waals surface area contributed by atoms with Crippen LogP contribution >= 0.6 is 34.7 Å². The van der Waals surface area contributed by atoms with Gasteiger partial charge in [0.25, 0.3) is 0 Å². The number of hydrogen-bond acceptors (Lipinski definition) is 7. The number of carbonyl (C=O) groups excluding carboxylic acids is 1. The number of ether oxygens (including phenoxy) is 2. The summed E-state index contributed by atoms with van der Waals surface area (Å²) in [7, 11) is 0. The van der Waals surface area contributed by atoms with Crippen LogP contribution < -0.4 is 20.5 Å². The van der Waals surface area contributed by atoms with Crippen molar-refractivity contribution in [2.75, 3.05) is 24.4 Å². The molecule has 1 fully saturated rings. The fourth-order valence-electron chi connectivity index (χ4n) is 3.85. The van der Waals surface area contributed by atoms with Crippen LogP contribution in [0.15, 0.2) is 48.7 Å². The highest BCUT2D eigenvalue weighted by atomic mass is 35.5. The Kier molecular flexibility index (Phi) is 6.03. The van der Waals surface area contributed by atoms with Crippen LogP contribution in [-0.2, 0) is 10.2 Å². The minimum absolute atomic E-state index is 0.0131. The molecule has 5 rings (SSSR count). The van der Waals surface area contributed by atoms with Gasteiger partial charge in [0.15, 0.2) is 16.6 Å². The predicted molar refractivity (Wildman–Crippen MR) is 129 cm³/mol. The molecule has 1 unspecified atom stereocenters. The van der Waals surface area contributed by atoms with Crippen molar-refractivity contribution in [3.8, 4) is 11.5 Å². The second-order valence-electron chi connectivity index (χ2n) is 7.73. The number of carbonyl (C=O) groups is 1. The Morgan fingerprint density at radius 1 is 1.25 bits per heavy atom. The number of halogens is 1. The van der Waals surface area contributed by atoms with Crippen LogP contribution in [0.2, 0.25) is 5.02 Å². The summed E-state index contributed by atoms with van der Waals surface area (Å²) < 4.78 is 10.9. The van der Waals surface area contributed by atoms with E-state index in [1.54, 1.807) is 11.8 Å². The average molecular weight is 488 g/mol. The Labute approximate surface area is 199 Å². The second-order valence-corrected chi connectivity index (χ2v) is 10.4. The van der Waals surface area contributed by atoms with Gasteiger partial charge in [0.2, 0.25) is 12.7 Å². The van der Waals surface area contributed by atoms with Crippen LogP contribution in [0, 0.1) is 0 Å². The first-order valence-corrected chi connectivity index (χ1v) is 12.6. The first-order chi connectivity index (χ1) is 15.6. The number of fused-ring (bicyclic) bond motifs is 1. The van der Waals surface area contributed by atoms with E-state index in [4.69, 9.17) is 26.8 Å². The molecule has 2 aliphatic rings. The molecule has 32 heavy (non-hydrogen) atoms. The van der Waals surface area contributed by atoms with Crippen LogP contribution in [0.1, 0.15) is 34.1 Å². The van der Waals surface area contributed by atoms with Gasteiger partial charge in [0.05, 0.1) is 10.7 Å². The van der Waals surface area contributed by atoms with Crippen LogP contribution in [0.4, 0.5) is 5.13 Å². The largest absolute Gasteiger partial charge is 0.454 e. The van der Waals surface area contributed by atoms with Crippen molar-refractivity contribution in [2.45, 2.75) is 23.5 Å². The monoisotopic (exact) mass is 487 g/mol. The van der Waals surface area contributed by atoms with E-state index in [1.807, 2.05) is 48.7 Å². The quantitative estimate of drug-likeness (QED) is 0.466. The van der Waals surface area contributed by atoms with Crippen molar-refractivity contribution < 1.29 is 14.3 Å². The first-order valence-electron chi connectivity index (χ1n) is 10.3. The standard InChI is InChI=1S/C23H22ClN3O3S2/c24-16-4-2-1-3-15(16)20(31-10-9-25)19-12-26-22(32-19)27-21(28)23(7-8-23)14-5-6-17-18(11-14)30-13-29-17/h1-6,11-12,20H,7-10,13,25H2,(H,26,27,28). The van der Waals surface area contributed by atoms with Crippen molar-refractivity contribution >= 4 is 45.7 Å². The number of benzene rings is 2. The molecule has 1 aliphatic carbocycles. The summed E-state index contributed by atoms with van der Waals surface area (Å²) in [4.78, 5) is 18.7. The van der Waals surface area contributed by atoms with Gasteiger partial charge in [-0.05, 0) is 42.2 Å². The Bertz CT molecular complexity index is 1150. The van der Waals surface area contributed by atoms with E-state index in [9.17, 15) is 4.79 Å². The topological polar surface area (TPSA) is 86.5 Å². The smallest absolute Gasteiger partial charge is 0.236 e. The lowest BCUT2D eigenvalue weighted by Gasteiger charge is -2.16. The van der Waals surface area contributed by atoms with E-state index in [2.05, 4.69) is 10.3 Å². The minimum atomic E-state index is -0.538. The number of nitrogens with two attached hydrogens (primary N) is 1. The highest BCUT2D eigenvalue weighted by molar-refractivity contribution is 7.99. The van der Waals surface area contributed by atoms with Crippen LogP contribution in [0.25, 0.3) is 0 Å². The van der Waals surface area contributed by atoms with Gasteiger partial charge in [-0.3, -0.25) is 4.79 Å². The predicted octanol–water partition coefficient (Wildman–Crippen LogP) is 4.98. The maximum atomic E-state index is 13.2. The van der Waals surface area contributed by atoms with Gasteiger partial charge >= 0.3 is 0 Å².